The molecule has 0 amide bonds. The van der Waals surface area contributed by atoms with E-state index in [1.54, 1.807) is 21.3 Å². The second kappa shape index (κ2) is 13.2. The van der Waals surface area contributed by atoms with E-state index in [-0.39, 0.29) is 5.96 Å². The van der Waals surface area contributed by atoms with Crippen LogP contribution in [0.5, 0.6) is 17.2 Å². The second-order valence-corrected chi connectivity index (χ2v) is 7.66. The molecular weight excluding hydrogens is 430 g/mol. The lowest BCUT2D eigenvalue weighted by Gasteiger charge is -2.22. The number of nitrogens with two attached hydrogens (primary N) is 2. The number of ether oxygens (including phenoxy) is 3. The number of nitrogens with zero attached hydrogens (tertiary/aromatic N) is 3. The molecule has 0 spiro atoms. The van der Waals surface area contributed by atoms with Crippen LogP contribution in [0.15, 0.2) is 17.1 Å². The SMILES string of the molecule is COc1cc(CN2CCCN(CCN=C(N)N)CC2)cc(OC)c1OC.O=S(=O)(O)O. The van der Waals surface area contributed by atoms with Crippen molar-refractivity contribution >= 4 is 16.4 Å². The highest BCUT2D eigenvalue weighted by Crippen LogP contribution is 2.38. The predicted molar refractivity (Wildman–Crippen MR) is 117 cm³/mol. The molecule has 1 aromatic carbocycles. The van der Waals surface area contributed by atoms with Crippen molar-refractivity contribution in [3.63, 3.8) is 0 Å². The molecule has 31 heavy (non-hydrogen) atoms. The number of hydrogen-bond donors (Lipinski definition) is 4. The molecule has 0 aliphatic carbocycles. The lowest BCUT2D eigenvalue weighted by molar-refractivity contribution is 0.254. The highest BCUT2D eigenvalue weighted by molar-refractivity contribution is 7.79. The van der Waals surface area contributed by atoms with Crippen molar-refractivity contribution in [3.8, 4) is 17.2 Å². The summed E-state index contributed by atoms with van der Waals surface area (Å²) < 4.78 is 47.9. The first-order valence-corrected chi connectivity index (χ1v) is 11.0. The second-order valence-electron chi connectivity index (χ2n) is 6.76. The van der Waals surface area contributed by atoms with Crippen LogP contribution in [0.25, 0.3) is 0 Å². The zero-order valence-corrected chi connectivity index (χ0v) is 19.0. The van der Waals surface area contributed by atoms with Crippen molar-refractivity contribution in [2.24, 2.45) is 16.5 Å². The van der Waals surface area contributed by atoms with E-state index in [0.29, 0.717) is 23.8 Å². The van der Waals surface area contributed by atoms with Crippen molar-refractivity contribution < 1.29 is 31.7 Å². The Balaban J connectivity index is 0.000000861. The van der Waals surface area contributed by atoms with E-state index in [1.807, 2.05) is 12.1 Å². The Morgan fingerprint density at radius 2 is 1.52 bits per heavy atom. The van der Waals surface area contributed by atoms with Crippen LogP contribution < -0.4 is 25.7 Å². The zero-order valence-electron chi connectivity index (χ0n) is 18.2. The molecule has 0 bridgehead atoms. The van der Waals surface area contributed by atoms with E-state index in [0.717, 1.165) is 51.3 Å². The van der Waals surface area contributed by atoms with Gasteiger partial charge in [0.1, 0.15) is 0 Å². The van der Waals surface area contributed by atoms with Gasteiger partial charge in [-0.1, -0.05) is 0 Å². The number of aliphatic imine (C=N–C) groups is 1. The third kappa shape index (κ3) is 11.0. The first kappa shape index (κ1) is 26.7. The summed E-state index contributed by atoms with van der Waals surface area (Å²) in [5, 5.41) is 0. The molecule has 6 N–H and O–H groups in total. The molecule has 1 fully saturated rings. The van der Waals surface area contributed by atoms with Crippen LogP contribution in [0.2, 0.25) is 0 Å². The molecule has 1 aromatic rings. The van der Waals surface area contributed by atoms with E-state index in [9.17, 15) is 0 Å². The third-order valence-corrected chi connectivity index (χ3v) is 4.52. The van der Waals surface area contributed by atoms with Crippen molar-refractivity contribution in [2.45, 2.75) is 13.0 Å². The van der Waals surface area contributed by atoms with Gasteiger partial charge in [-0.25, -0.2) is 0 Å². The maximum atomic E-state index is 8.74. The standard InChI is InChI=1S/C18H31N5O3.H2O4S/c1-24-15-11-14(12-16(25-2)17(15)26-3)13-23-7-4-6-22(9-10-23)8-5-21-18(19)20;1-5(2,3)4/h11-12H,4-10,13H2,1-3H3,(H4,19,20,21);(H2,1,2,3,4). The average molecular weight is 464 g/mol. The molecule has 1 heterocycles. The summed E-state index contributed by atoms with van der Waals surface area (Å²) in [6.07, 6.45) is 1.12. The average Bonchev–Trinajstić information content (AvgIpc) is 2.90. The molecule has 0 saturated carbocycles. The number of guanidine groups is 1. The lowest BCUT2D eigenvalue weighted by atomic mass is 10.1. The molecule has 1 aliphatic heterocycles. The highest BCUT2D eigenvalue weighted by atomic mass is 32.3. The normalized spacial score (nSPS) is 15.3. The van der Waals surface area contributed by atoms with Gasteiger partial charge in [0, 0.05) is 26.2 Å². The maximum absolute atomic E-state index is 8.74. The molecular formula is C18H33N5O7S. The minimum Gasteiger partial charge on any atom is -0.493 e. The molecule has 0 aromatic heterocycles. The summed E-state index contributed by atoms with van der Waals surface area (Å²) in [5.41, 5.74) is 11.9. The van der Waals surface area contributed by atoms with E-state index in [2.05, 4.69) is 14.8 Å². The fourth-order valence-electron chi connectivity index (χ4n) is 3.21. The molecule has 0 radical (unpaired) electrons. The van der Waals surface area contributed by atoms with Crippen LogP contribution >= 0.6 is 0 Å². The Hall–Kier alpha value is -2.32. The maximum Gasteiger partial charge on any atom is 0.394 e. The number of hydrogen-bond acceptors (Lipinski definition) is 8. The molecule has 2 rings (SSSR count). The summed E-state index contributed by atoms with van der Waals surface area (Å²) >= 11 is 0. The summed E-state index contributed by atoms with van der Waals surface area (Å²) in [5.74, 6) is 2.16. The summed E-state index contributed by atoms with van der Waals surface area (Å²) in [7, 11) is 0.231. The van der Waals surface area contributed by atoms with Gasteiger partial charge < -0.3 is 30.6 Å². The Morgan fingerprint density at radius 1 is 1.00 bits per heavy atom. The molecule has 0 unspecified atom stereocenters. The Bertz CT molecular complexity index is 783. The van der Waals surface area contributed by atoms with Crippen LogP contribution in [-0.4, -0.2) is 93.9 Å². The first-order valence-electron chi connectivity index (χ1n) is 9.56. The smallest absolute Gasteiger partial charge is 0.394 e. The van der Waals surface area contributed by atoms with E-state index >= 15 is 0 Å². The first-order chi connectivity index (χ1) is 14.6. The summed E-state index contributed by atoms with van der Waals surface area (Å²) in [6.45, 7) is 6.49. The molecule has 12 nitrogen and oxygen atoms in total. The van der Waals surface area contributed by atoms with Gasteiger partial charge in [-0.3, -0.25) is 19.0 Å². The minimum atomic E-state index is -4.67. The third-order valence-electron chi connectivity index (χ3n) is 4.52. The summed E-state index contributed by atoms with van der Waals surface area (Å²) in [4.78, 5) is 8.92. The predicted octanol–water partition coefficient (Wildman–Crippen LogP) is -0.159. The summed E-state index contributed by atoms with van der Waals surface area (Å²) in [6, 6.07) is 4.03. The van der Waals surface area contributed by atoms with Gasteiger partial charge in [0.25, 0.3) is 0 Å². The van der Waals surface area contributed by atoms with Gasteiger partial charge in [-0.15, -0.1) is 0 Å². The van der Waals surface area contributed by atoms with Gasteiger partial charge in [0.15, 0.2) is 17.5 Å². The van der Waals surface area contributed by atoms with Crippen LogP contribution in [0.4, 0.5) is 0 Å². The molecule has 178 valence electrons. The highest BCUT2D eigenvalue weighted by Gasteiger charge is 2.18. The molecule has 1 aliphatic rings. The Kier molecular flexibility index (Phi) is 11.3. The Morgan fingerprint density at radius 3 is 2.00 bits per heavy atom. The van der Waals surface area contributed by atoms with Crippen LogP contribution in [0.3, 0.4) is 0 Å². The van der Waals surface area contributed by atoms with Gasteiger partial charge in [-0.2, -0.15) is 8.42 Å². The fraction of sp³-hybridized carbons (Fsp3) is 0.611. The minimum absolute atomic E-state index is 0.156. The van der Waals surface area contributed by atoms with Gasteiger partial charge in [0.2, 0.25) is 5.75 Å². The van der Waals surface area contributed by atoms with Crippen molar-refractivity contribution in [2.75, 3.05) is 60.6 Å². The number of benzene rings is 1. The van der Waals surface area contributed by atoms with E-state index in [1.165, 1.54) is 0 Å². The molecule has 13 heteroatoms. The molecule has 0 atom stereocenters. The monoisotopic (exact) mass is 463 g/mol. The fourth-order valence-corrected chi connectivity index (χ4v) is 3.21. The topological polar surface area (TPSA) is 173 Å². The van der Waals surface area contributed by atoms with Crippen LogP contribution in [-0.2, 0) is 16.9 Å². The number of rotatable bonds is 8. The van der Waals surface area contributed by atoms with Crippen molar-refractivity contribution in [3.05, 3.63) is 17.7 Å². The van der Waals surface area contributed by atoms with Crippen molar-refractivity contribution in [1.82, 2.24) is 9.80 Å². The zero-order chi connectivity index (χ0) is 23.4. The number of methoxy groups -OCH3 is 3. The van der Waals surface area contributed by atoms with E-state index < -0.39 is 10.4 Å². The van der Waals surface area contributed by atoms with Gasteiger partial charge in [0.05, 0.1) is 27.9 Å². The van der Waals surface area contributed by atoms with Gasteiger partial charge >= 0.3 is 10.4 Å². The largest absolute Gasteiger partial charge is 0.493 e. The quantitative estimate of drug-likeness (QED) is 0.229. The van der Waals surface area contributed by atoms with Crippen LogP contribution in [0.1, 0.15) is 12.0 Å². The Labute approximate surface area is 183 Å². The van der Waals surface area contributed by atoms with Gasteiger partial charge in [-0.05, 0) is 37.2 Å². The lowest BCUT2D eigenvalue weighted by Crippen LogP contribution is -2.33. The van der Waals surface area contributed by atoms with Crippen LogP contribution in [0, 0.1) is 0 Å². The van der Waals surface area contributed by atoms with E-state index in [4.69, 9.17) is 43.2 Å². The molecule has 1 saturated heterocycles. The van der Waals surface area contributed by atoms with Crippen molar-refractivity contribution in [1.29, 1.82) is 0 Å².